The molecule has 0 aliphatic rings. The van der Waals surface area contributed by atoms with Crippen LogP contribution >= 0.6 is 12.2 Å². The van der Waals surface area contributed by atoms with Crippen molar-refractivity contribution in [3.05, 3.63) is 17.5 Å². The zero-order chi connectivity index (χ0) is 15.0. The van der Waals surface area contributed by atoms with Crippen LogP contribution in [0.5, 0.6) is 0 Å². The van der Waals surface area contributed by atoms with Gasteiger partial charge < -0.3 is 10.5 Å². The molecule has 0 aliphatic carbocycles. The molecule has 2 N–H and O–H groups in total. The molecule has 0 unspecified atom stereocenters. The second kappa shape index (κ2) is 9.05. The quantitative estimate of drug-likeness (QED) is 0.665. The van der Waals surface area contributed by atoms with Crippen molar-refractivity contribution in [2.45, 2.75) is 39.8 Å². The Hall–Kier alpha value is -0.980. The number of thiocarbonyl (C=S) groups is 1. The third kappa shape index (κ3) is 5.56. The van der Waals surface area contributed by atoms with Crippen LogP contribution in [-0.4, -0.2) is 46.5 Å². The normalized spacial score (nSPS) is 11.2. The van der Waals surface area contributed by atoms with E-state index in [9.17, 15) is 0 Å². The summed E-state index contributed by atoms with van der Waals surface area (Å²) in [4.78, 5) is 2.87. The van der Waals surface area contributed by atoms with Gasteiger partial charge >= 0.3 is 0 Å². The van der Waals surface area contributed by atoms with E-state index in [1.165, 1.54) is 5.69 Å². The second-order valence-electron chi connectivity index (χ2n) is 4.78. The Bertz CT molecular complexity index is 419. The molecule has 0 aliphatic heterocycles. The minimum atomic E-state index is 0.561. The van der Waals surface area contributed by atoms with Gasteiger partial charge in [0.05, 0.1) is 23.0 Å². The van der Waals surface area contributed by atoms with E-state index in [4.69, 9.17) is 22.7 Å². The summed E-state index contributed by atoms with van der Waals surface area (Å²) in [7, 11) is 1.72. The fraction of sp³-hybridized carbons (Fsp3) is 0.714. The topological polar surface area (TPSA) is 56.3 Å². The molecule has 0 fully saturated rings. The lowest BCUT2D eigenvalue weighted by Gasteiger charge is -2.22. The first kappa shape index (κ1) is 17.1. The predicted octanol–water partition coefficient (Wildman–Crippen LogP) is 1.59. The van der Waals surface area contributed by atoms with E-state index < -0.39 is 0 Å². The molecule has 0 radical (unpaired) electrons. The first-order valence-corrected chi connectivity index (χ1v) is 7.56. The van der Waals surface area contributed by atoms with Crippen LogP contribution in [0.3, 0.4) is 0 Å². The molecule has 0 atom stereocenters. The van der Waals surface area contributed by atoms with Crippen LogP contribution in [-0.2, 0) is 24.2 Å². The lowest BCUT2D eigenvalue weighted by molar-refractivity contribution is 0.144. The Morgan fingerprint density at radius 1 is 1.45 bits per heavy atom. The third-order valence-corrected chi connectivity index (χ3v) is 3.45. The van der Waals surface area contributed by atoms with Crippen LogP contribution < -0.4 is 5.73 Å². The Labute approximate surface area is 127 Å². The summed E-state index contributed by atoms with van der Waals surface area (Å²) in [6, 6.07) is 2.18. The number of rotatable bonds is 10. The Balaban J connectivity index is 2.71. The second-order valence-corrected chi connectivity index (χ2v) is 5.31. The highest BCUT2D eigenvalue weighted by Crippen LogP contribution is 2.09. The van der Waals surface area contributed by atoms with Gasteiger partial charge in [-0.05, 0) is 19.4 Å². The lowest BCUT2D eigenvalue weighted by Crippen LogP contribution is -2.31. The van der Waals surface area contributed by atoms with Crippen molar-refractivity contribution in [2.24, 2.45) is 5.73 Å². The number of nitrogens with zero attached hydrogens (tertiary/aromatic N) is 3. The molecule has 5 nitrogen and oxygen atoms in total. The molecule has 0 aromatic carbocycles. The van der Waals surface area contributed by atoms with Gasteiger partial charge in [-0.15, -0.1) is 0 Å². The minimum Gasteiger partial charge on any atom is -0.393 e. The zero-order valence-corrected chi connectivity index (χ0v) is 13.6. The highest BCUT2D eigenvalue weighted by Gasteiger charge is 2.11. The maximum absolute atomic E-state index is 5.60. The van der Waals surface area contributed by atoms with Crippen LogP contribution in [0.2, 0.25) is 0 Å². The number of methoxy groups -OCH3 is 1. The number of hydrogen-bond donors (Lipinski definition) is 1. The average Bonchev–Trinajstić information content (AvgIpc) is 2.83. The van der Waals surface area contributed by atoms with Crippen molar-refractivity contribution in [3.8, 4) is 0 Å². The zero-order valence-electron chi connectivity index (χ0n) is 12.8. The number of aryl methyl sites for hydroxylation is 2. The van der Waals surface area contributed by atoms with Gasteiger partial charge in [0.25, 0.3) is 0 Å². The molecule has 114 valence electrons. The highest BCUT2D eigenvalue weighted by atomic mass is 32.1. The molecule has 1 rings (SSSR count). The van der Waals surface area contributed by atoms with Crippen molar-refractivity contribution >= 4 is 17.2 Å². The van der Waals surface area contributed by atoms with Gasteiger partial charge in [-0.25, -0.2) is 0 Å². The van der Waals surface area contributed by atoms with Crippen molar-refractivity contribution < 1.29 is 4.74 Å². The number of ether oxygens (including phenoxy) is 1. The Kier molecular flexibility index (Phi) is 7.72. The lowest BCUT2D eigenvalue weighted by atomic mass is 10.2. The van der Waals surface area contributed by atoms with E-state index in [1.807, 2.05) is 0 Å². The fourth-order valence-corrected chi connectivity index (χ4v) is 2.17. The van der Waals surface area contributed by atoms with Crippen LogP contribution in [0.15, 0.2) is 6.07 Å². The van der Waals surface area contributed by atoms with E-state index in [0.29, 0.717) is 11.6 Å². The Morgan fingerprint density at radius 2 is 2.20 bits per heavy atom. The molecule has 0 saturated heterocycles. The van der Waals surface area contributed by atoms with Crippen LogP contribution in [0, 0.1) is 0 Å². The van der Waals surface area contributed by atoms with Crippen LogP contribution in [0.25, 0.3) is 0 Å². The molecule has 0 amide bonds. The first-order chi connectivity index (χ1) is 9.60. The largest absolute Gasteiger partial charge is 0.393 e. The summed E-state index contributed by atoms with van der Waals surface area (Å²) < 4.78 is 7.24. The molecule has 1 aromatic heterocycles. The summed E-state index contributed by atoms with van der Waals surface area (Å²) in [5, 5.41) is 4.58. The maximum atomic E-state index is 5.60. The molecule has 20 heavy (non-hydrogen) atoms. The summed E-state index contributed by atoms with van der Waals surface area (Å²) in [5.74, 6) is 0. The molecule has 6 heteroatoms. The third-order valence-electron chi connectivity index (χ3n) is 3.25. The van der Waals surface area contributed by atoms with Gasteiger partial charge in [0, 0.05) is 39.7 Å². The molecule has 1 heterocycles. The monoisotopic (exact) mass is 298 g/mol. The van der Waals surface area contributed by atoms with Crippen molar-refractivity contribution in [1.29, 1.82) is 0 Å². The van der Waals surface area contributed by atoms with Crippen molar-refractivity contribution in [2.75, 3.05) is 26.8 Å². The standard InChI is InChI=1S/C14H26N4OS/c1-4-12-10-13(18(5-2)16-12)11-17(8-9-19-3)7-6-14(15)20/h10H,4-9,11H2,1-3H3,(H2,15,20). The highest BCUT2D eigenvalue weighted by molar-refractivity contribution is 7.80. The van der Waals surface area contributed by atoms with Crippen LogP contribution in [0.1, 0.15) is 31.7 Å². The molecular formula is C14H26N4OS. The molecule has 1 aromatic rings. The van der Waals surface area contributed by atoms with Gasteiger partial charge in [-0.1, -0.05) is 19.1 Å². The van der Waals surface area contributed by atoms with E-state index in [-0.39, 0.29) is 0 Å². The van der Waals surface area contributed by atoms with Gasteiger partial charge in [0.2, 0.25) is 0 Å². The van der Waals surface area contributed by atoms with E-state index in [0.717, 1.165) is 44.7 Å². The fourth-order valence-electron chi connectivity index (χ4n) is 2.08. The van der Waals surface area contributed by atoms with E-state index in [1.54, 1.807) is 7.11 Å². The predicted molar refractivity (Wildman–Crippen MR) is 85.8 cm³/mol. The first-order valence-electron chi connectivity index (χ1n) is 7.15. The smallest absolute Gasteiger partial charge is 0.0740 e. The van der Waals surface area contributed by atoms with Gasteiger partial charge in [0.15, 0.2) is 0 Å². The molecule has 0 bridgehead atoms. The maximum Gasteiger partial charge on any atom is 0.0740 e. The van der Waals surface area contributed by atoms with Gasteiger partial charge in [-0.3, -0.25) is 9.58 Å². The SMILES string of the molecule is CCc1cc(CN(CCOC)CCC(N)=S)n(CC)n1. The average molecular weight is 298 g/mol. The summed E-state index contributed by atoms with van der Waals surface area (Å²) >= 11 is 4.96. The Morgan fingerprint density at radius 3 is 2.75 bits per heavy atom. The molecular weight excluding hydrogens is 272 g/mol. The van der Waals surface area contributed by atoms with Crippen molar-refractivity contribution in [3.63, 3.8) is 0 Å². The van der Waals surface area contributed by atoms with Gasteiger partial charge in [0.1, 0.15) is 0 Å². The summed E-state index contributed by atoms with van der Waals surface area (Å²) in [6.07, 6.45) is 1.70. The number of aromatic nitrogens is 2. The summed E-state index contributed by atoms with van der Waals surface area (Å²) in [5.41, 5.74) is 7.98. The van der Waals surface area contributed by atoms with Crippen LogP contribution in [0.4, 0.5) is 0 Å². The number of hydrogen-bond acceptors (Lipinski definition) is 4. The molecule has 0 saturated carbocycles. The number of nitrogens with two attached hydrogens (primary N) is 1. The van der Waals surface area contributed by atoms with Gasteiger partial charge in [-0.2, -0.15) is 5.10 Å². The van der Waals surface area contributed by atoms with Crippen molar-refractivity contribution in [1.82, 2.24) is 14.7 Å². The summed E-state index contributed by atoms with van der Waals surface area (Å²) in [6.45, 7) is 8.42. The molecule has 0 spiro atoms. The minimum absolute atomic E-state index is 0.561. The van der Waals surface area contributed by atoms with E-state index in [2.05, 4.69) is 34.6 Å². The van der Waals surface area contributed by atoms with E-state index >= 15 is 0 Å².